The topological polar surface area (TPSA) is 69.6 Å². The van der Waals surface area contributed by atoms with E-state index in [9.17, 15) is 9.59 Å². The fourth-order valence-corrected chi connectivity index (χ4v) is 3.11. The number of carbonyl (C=O) groups is 2. The van der Waals surface area contributed by atoms with Crippen molar-refractivity contribution in [2.24, 2.45) is 5.92 Å². The zero-order valence-corrected chi connectivity index (χ0v) is 12.5. The Balaban J connectivity index is 2.44. The van der Waals surface area contributed by atoms with Crippen molar-refractivity contribution >= 4 is 23.8 Å². The summed E-state index contributed by atoms with van der Waals surface area (Å²) >= 11 is 1.72. The maximum absolute atomic E-state index is 12.1. The molecule has 0 saturated carbocycles. The molecule has 2 N–H and O–H groups in total. The summed E-state index contributed by atoms with van der Waals surface area (Å²) < 4.78 is 0. The number of amides is 2. The summed E-state index contributed by atoms with van der Waals surface area (Å²) in [5, 5.41) is 11.9. The van der Waals surface area contributed by atoms with Crippen molar-refractivity contribution in [3.8, 4) is 0 Å². The Morgan fingerprint density at radius 1 is 1.53 bits per heavy atom. The molecule has 0 spiro atoms. The number of carbonyl (C=O) groups excluding carboxylic acids is 1. The predicted molar refractivity (Wildman–Crippen MR) is 77.5 cm³/mol. The van der Waals surface area contributed by atoms with E-state index < -0.39 is 5.97 Å². The van der Waals surface area contributed by atoms with Crippen LogP contribution in [0.15, 0.2) is 0 Å². The maximum Gasteiger partial charge on any atom is 0.317 e. The van der Waals surface area contributed by atoms with Gasteiger partial charge in [0.15, 0.2) is 0 Å². The molecule has 1 aliphatic heterocycles. The molecule has 1 rings (SSSR count). The third-order valence-corrected chi connectivity index (χ3v) is 4.19. The molecule has 1 aliphatic rings. The summed E-state index contributed by atoms with van der Waals surface area (Å²) in [6.45, 7) is 3.36. The smallest absolute Gasteiger partial charge is 0.317 e. The third-order valence-electron chi connectivity index (χ3n) is 3.46. The lowest BCUT2D eigenvalue weighted by molar-refractivity contribution is -0.138. The lowest BCUT2D eigenvalue weighted by Crippen LogP contribution is -2.49. The average molecular weight is 288 g/mol. The van der Waals surface area contributed by atoms with Gasteiger partial charge in [0.25, 0.3) is 0 Å². The van der Waals surface area contributed by atoms with Crippen LogP contribution in [0.25, 0.3) is 0 Å². The van der Waals surface area contributed by atoms with Gasteiger partial charge in [-0.25, -0.2) is 4.79 Å². The molecular formula is C13H24N2O3S. The van der Waals surface area contributed by atoms with Crippen LogP contribution < -0.4 is 5.32 Å². The van der Waals surface area contributed by atoms with E-state index in [1.165, 1.54) is 0 Å². The Morgan fingerprint density at radius 3 is 2.84 bits per heavy atom. The van der Waals surface area contributed by atoms with Crippen LogP contribution in [-0.4, -0.2) is 53.1 Å². The highest BCUT2D eigenvalue weighted by molar-refractivity contribution is 7.98. The van der Waals surface area contributed by atoms with Gasteiger partial charge in [0.05, 0.1) is 0 Å². The van der Waals surface area contributed by atoms with Crippen molar-refractivity contribution < 1.29 is 14.7 Å². The Morgan fingerprint density at radius 2 is 2.26 bits per heavy atom. The molecular weight excluding hydrogens is 264 g/mol. The van der Waals surface area contributed by atoms with Gasteiger partial charge in [-0.3, -0.25) is 4.79 Å². The van der Waals surface area contributed by atoms with E-state index in [0.29, 0.717) is 6.54 Å². The molecule has 1 heterocycles. The highest BCUT2D eigenvalue weighted by Crippen LogP contribution is 2.19. The Bertz CT molecular complexity index is 312. The normalized spacial score (nSPS) is 20.9. The summed E-state index contributed by atoms with van der Waals surface area (Å²) in [6, 6.07) is 0.151. The van der Waals surface area contributed by atoms with Gasteiger partial charge in [-0.15, -0.1) is 0 Å². The fourth-order valence-electron chi connectivity index (χ4n) is 2.39. The van der Waals surface area contributed by atoms with Crippen molar-refractivity contribution in [2.45, 2.75) is 38.6 Å². The summed E-state index contributed by atoms with van der Waals surface area (Å²) in [6.07, 6.45) is 4.89. The summed E-state index contributed by atoms with van der Waals surface area (Å²) in [7, 11) is 0. The van der Waals surface area contributed by atoms with Crippen LogP contribution in [0.3, 0.4) is 0 Å². The average Bonchev–Trinajstić information content (AvgIpc) is 2.37. The second-order valence-electron chi connectivity index (χ2n) is 5.06. The molecule has 0 bridgehead atoms. The summed E-state index contributed by atoms with van der Waals surface area (Å²) in [5.74, 6) is 0.230. The first-order valence-electron chi connectivity index (χ1n) is 6.83. The van der Waals surface area contributed by atoms with E-state index in [1.807, 2.05) is 6.26 Å². The van der Waals surface area contributed by atoms with Crippen LogP contribution in [0.5, 0.6) is 0 Å². The molecule has 0 aromatic heterocycles. The molecule has 2 amide bonds. The second kappa shape index (κ2) is 8.30. The maximum atomic E-state index is 12.1. The fraction of sp³-hybridized carbons (Fsp3) is 0.846. The van der Waals surface area contributed by atoms with Crippen LogP contribution in [0, 0.1) is 5.92 Å². The van der Waals surface area contributed by atoms with E-state index in [4.69, 9.17) is 5.11 Å². The lowest BCUT2D eigenvalue weighted by atomic mass is 9.95. The molecule has 0 aromatic carbocycles. The first-order valence-corrected chi connectivity index (χ1v) is 8.22. The molecule has 5 nitrogen and oxygen atoms in total. The SMILES string of the molecule is CCC(CSC)NC(=O)N1CCCC(CC(=O)O)C1. The van der Waals surface area contributed by atoms with Gasteiger partial charge in [-0.05, 0) is 31.4 Å². The number of urea groups is 1. The van der Waals surface area contributed by atoms with Crippen LogP contribution in [0.2, 0.25) is 0 Å². The molecule has 6 heteroatoms. The minimum Gasteiger partial charge on any atom is -0.481 e. The predicted octanol–water partition coefficient (Wildman–Crippen LogP) is 2.02. The standard InChI is InChI=1S/C13H24N2O3S/c1-3-11(9-19-2)14-13(18)15-6-4-5-10(8-15)7-12(16)17/h10-11H,3-9H2,1-2H3,(H,14,18)(H,16,17). The highest BCUT2D eigenvalue weighted by atomic mass is 32.2. The molecule has 0 aromatic rings. The summed E-state index contributed by atoms with van der Waals surface area (Å²) in [4.78, 5) is 24.6. The van der Waals surface area contributed by atoms with Gasteiger partial charge in [-0.2, -0.15) is 11.8 Å². The number of rotatable bonds is 6. The van der Waals surface area contributed by atoms with E-state index in [1.54, 1.807) is 16.7 Å². The quantitative estimate of drug-likeness (QED) is 0.784. The number of hydrogen-bond acceptors (Lipinski definition) is 3. The largest absolute Gasteiger partial charge is 0.481 e. The van der Waals surface area contributed by atoms with Crippen molar-refractivity contribution in [1.82, 2.24) is 10.2 Å². The number of likely N-dealkylation sites (tertiary alicyclic amines) is 1. The number of carboxylic acids is 1. The van der Waals surface area contributed by atoms with Crippen molar-refractivity contribution in [3.05, 3.63) is 0 Å². The van der Waals surface area contributed by atoms with E-state index in [-0.39, 0.29) is 24.4 Å². The number of nitrogens with zero attached hydrogens (tertiary/aromatic N) is 1. The van der Waals surface area contributed by atoms with Gasteiger partial charge in [-0.1, -0.05) is 6.92 Å². The molecule has 2 unspecified atom stereocenters. The third kappa shape index (κ3) is 5.72. The van der Waals surface area contributed by atoms with Crippen molar-refractivity contribution in [3.63, 3.8) is 0 Å². The van der Waals surface area contributed by atoms with Crippen LogP contribution >= 0.6 is 11.8 Å². The van der Waals surface area contributed by atoms with Gasteiger partial charge < -0.3 is 15.3 Å². The molecule has 2 atom stereocenters. The van der Waals surface area contributed by atoms with Crippen molar-refractivity contribution in [1.29, 1.82) is 0 Å². The number of nitrogens with one attached hydrogen (secondary N) is 1. The molecule has 19 heavy (non-hydrogen) atoms. The second-order valence-corrected chi connectivity index (χ2v) is 5.97. The number of aliphatic carboxylic acids is 1. The Kier molecular flexibility index (Phi) is 7.05. The summed E-state index contributed by atoms with van der Waals surface area (Å²) in [5.41, 5.74) is 0. The van der Waals surface area contributed by atoms with E-state index >= 15 is 0 Å². The molecule has 1 saturated heterocycles. The first kappa shape index (κ1) is 16.1. The highest BCUT2D eigenvalue weighted by Gasteiger charge is 2.26. The number of hydrogen-bond donors (Lipinski definition) is 2. The zero-order valence-electron chi connectivity index (χ0n) is 11.7. The number of piperidine rings is 1. The Hall–Kier alpha value is -0.910. The first-order chi connectivity index (χ1) is 9.06. The molecule has 110 valence electrons. The number of carboxylic acid groups (broad SMARTS) is 1. The van der Waals surface area contributed by atoms with Gasteiger partial charge >= 0.3 is 12.0 Å². The van der Waals surface area contributed by atoms with Gasteiger partial charge in [0.1, 0.15) is 0 Å². The lowest BCUT2D eigenvalue weighted by Gasteiger charge is -2.33. The van der Waals surface area contributed by atoms with E-state index in [0.717, 1.165) is 31.6 Å². The zero-order chi connectivity index (χ0) is 14.3. The van der Waals surface area contributed by atoms with Crippen LogP contribution in [-0.2, 0) is 4.79 Å². The molecule has 0 radical (unpaired) electrons. The molecule has 1 fully saturated rings. The molecule has 0 aliphatic carbocycles. The van der Waals surface area contributed by atoms with Gasteiger partial charge in [0.2, 0.25) is 0 Å². The Labute approximate surface area is 119 Å². The van der Waals surface area contributed by atoms with Crippen LogP contribution in [0.1, 0.15) is 32.6 Å². The minimum absolute atomic E-state index is 0.0454. The van der Waals surface area contributed by atoms with Crippen LogP contribution in [0.4, 0.5) is 4.79 Å². The monoisotopic (exact) mass is 288 g/mol. The van der Waals surface area contributed by atoms with E-state index in [2.05, 4.69) is 12.2 Å². The number of thioether (sulfide) groups is 1. The minimum atomic E-state index is -0.777. The van der Waals surface area contributed by atoms with Gasteiger partial charge in [0, 0.05) is 31.3 Å². The van der Waals surface area contributed by atoms with Crippen molar-refractivity contribution in [2.75, 3.05) is 25.1 Å².